The molecule has 28 heavy (non-hydrogen) atoms. The van der Waals surface area contributed by atoms with Crippen LogP contribution in [0.2, 0.25) is 0 Å². The van der Waals surface area contributed by atoms with Crippen molar-refractivity contribution >= 4 is 37.3 Å². The van der Waals surface area contributed by atoms with Gasteiger partial charge < -0.3 is 4.90 Å². The van der Waals surface area contributed by atoms with Crippen molar-refractivity contribution in [2.75, 3.05) is 18.5 Å². The zero-order chi connectivity index (χ0) is 19.9. The molecule has 0 bridgehead atoms. The molecule has 150 valence electrons. The van der Waals surface area contributed by atoms with E-state index in [0.717, 1.165) is 31.4 Å². The van der Waals surface area contributed by atoms with Crippen molar-refractivity contribution in [1.82, 2.24) is 4.31 Å². The van der Waals surface area contributed by atoms with Crippen LogP contribution in [0.3, 0.4) is 0 Å². The van der Waals surface area contributed by atoms with Gasteiger partial charge in [-0.25, -0.2) is 12.8 Å². The minimum Gasteiger partial charge on any atom is -0.339 e. The predicted octanol–water partition coefficient (Wildman–Crippen LogP) is 5.31. The summed E-state index contributed by atoms with van der Waals surface area (Å²) in [6.07, 6.45) is 5.53. The third kappa shape index (κ3) is 3.48. The molecular formula is C21H24BrFN2O2S. The fourth-order valence-electron chi connectivity index (χ4n) is 4.49. The highest BCUT2D eigenvalue weighted by Gasteiger charge is 2.41. The quantitative estimate of drug-likeness (QED) is 0.601. The first-order valence-electron chi connectivity index (χ1n) is 9.69. The lowest BCUT2D eigenvalue weighted by atomic mass is 9.83. The number of likely N-dealkylation sites (N-methyl/N-ethyl adjacent to an activating group) is 1. The summed E-state index contributed by atoms with van der Waals surface area (Å²) in [6, 6.07) is 12.2. The number of anilines is 2. The number of hydrogen-bond donors (Lipinski definition) is 0. The maximum Gasteiger partial charge on any atom is 0.245 e. The summed E-state index contributed by atoms with van der Waals surface area (Å²) in [5.74, 6) is -0.156. The molecular weight excluding hydrogens is 443 g/mol. The van der Waals surface area contributed by atoms with Gasteiger partial charge in [-0.15, -0.1) is 0 Å². The van der Waals surface area contributed by atoms with Gasteiger partial charge in [0.1, 0.15) is 10.7 Å². The van der Waals surface area contributed by atoms with Gasteiger partial charge in [-0.3, -0.25) is 0 Å². The van der Waals surface area contributed by atoms with Crippen LogP contribution in [0.4, 0.5) is 15.8 Å². The van der Waals surface area contributed by atoms with E-state index in [2.05, 4.69) is 15.9 Å². The highest BCUT2D eigenvalue weighted by Crippen LogP contribution is 2.42. The highest BCUT2D eigenvalue weighted by atomic mass is 79.9. The zero-order valence-corrected chi connectivity index (χ0v) is 18.2. The van der Waals surface area contributed by atoms with Gasteiger partial charge in [-0.05, 0) is 52.9 Å². The normalized spacial score (nSPS) is 23.2. The topological polar surface area (TPSA) is 40.6 Å². The summed E-state index contributed by atoms with van der Waals surface area (Å²) in [6.45, 7) is 0.512. The third-order valence-electron chi connectivity index (χ3n) is 6.05. The Bertz CT molecular complexity index is 962. The number of benzene rings is 2. The minimum atomic E-state index is -3.74. The van der Waals surface area contributed by atoms with Gasteiger partial charge in [-0.2, -0.15) is 4.31 Å². The molecule has 1 aliphatic heterocycles. The second kappa shape index (κ2) is 7.76. The fourth-order valence-corrected chi connectivity index (χ4v) is 6.59. The number of fused-ring (bicyclic) bond motifs is 1. The van der Waals surface area contributed by atoms with Crippen molar-refractivity contribution < 1.29 is 12.8 Å². The molecule has 0 unspecified atom stereocenters. The van der Waals surface area contributed by atoms with Crippen molar-refractivity contribution in [2.45, 2.75) is 43.0 Å². The lowest BCUT2D eigenvalue weighted by Gasteiger charge is -2.36. The van der Waals surface area contributed by atoms with Crippen LogP contribution in [-0.4, -0.2) is 32.4 Å². The zero-order valence-electron chi connectivity index (χ0n) is 15.8. The Balaban J connectivity index is 1.90. The van der Waals surface area contributed by atoms with E-state index in [9.17, 15) is 12.8 Å². The first kappa shape index (κ1) is 19.9. The fraction of sp³-hybridized carbons (Fsp3) is 0.429. The summed E-state index contributed by atoms with van der Waals surface area (Å²) in [7, 11) is -2.07. The average Bonchev–Trinajstić information content (AvgIpc) is 2.78. The Kier molecular flexibility index (Phi) is 5.51. The van der Waals surface area contributed by atoms with Gasteiger partial charge in [0.2, 0.25) is 10.0 Å². The molecule has 0 aromatic heterocycles. The molecule has 0 radical (unpaired) electrons. The van der Waals surface area contributed by atoms with E-state index in [4.69, 9.17) is 0 Å². The summed E-state index contributed by atoms with van der Waals surface area (Å²) >= 11 is 3.16. The molecule has 7 heteroatoms. The maximum atomic E-state index is 14.4. The summed E-state index contributed by atoms with van der Waals surface area (Å²) in [5.41, 5.74) is 1.27. The molecule has 0 spiro atoms. The van der Waals surface area contributed by atoms with Crippen LogP contribution in [0.5, 0.6) is 0 Å². The number of nitrogens with zero attached hydrogens (tertiary/aromatic N) is 2. The van der Waals surface area contributed by atoms with Crippen LogP contribution >= 0.6 is 15.9 Å². The van der Waals surface area contributed by atoms with Crippen molar-refractivity contribution in [3.63, 3.8) is 0 Å². The molecule has 1 saturated carbocycles. The van der Waals surface area contributed by atoms with Crippen molar-refractivity contribution in [3.05, 3.63) is 52.8 Å². The van der Waals surface area contributed by atoms with E-state index in [1.807, 2.05) is 35.2 Å². The lowest BCUT2D eigenvalue weighted by molar-refractivity contribution is 0.218. The summed E-state index contributed by atoms with van der Waals surface area (Å²) in [4.78, 5) is 2.11. The molecule has 4 nitrogen and oxygen atoms in total. The van der Waals surface area contributed by atoms with Crippen LogP contribution < -0.4 is 4.90 Å². The van der Waals surface area contributed by atoms with Gasteiger partial charge in [0.15, 0.2) is 0 Å². The van der Waals surface area contributed by atoms with Gasteiger partial charge in [0, 0.05) is 31.4 Å². The van der Waals surface area contributed by atoms with Crippen LogP contribution in [0.25, 0.3) is 0 Å². The molecule has 1 fully saturated rings. The Hall–Kier alpha value is -1.44. The van der Waals surface area contributed by atoms with Gasteiger partial charge >= 0.3 is 0 Å². The second-order valence-corrected chi connectivity index (χ2v) is 10.5. The van der Waals surface area contributed by atoms with E-state index < -0.39 is 15.8 Å². The van der Waals surface area contributed by atoms with Gasteiger partial charge in [-0.1, -0.05) is 37.5 Å². The SMILES string of the molecule is CN1[C@@H](C2CCCCC2)CN(c2ccccc2)c2cc(F)c(Br)cc2S1(=O)=O. The maximum absolute atomic E-state index is 14.4. The van der Waals surface area contributed by atoms with Crippen molar-refractivity contribution in [1.29, 1.82) is 0 Å². The Labute approximate surface area is 174 Å². The Morgan fingerprint density at radius 1 is 1.07 bits per heavy atom. The van der Waals surface area contributed by atoms with Crippen LogP contribution in [0.1, 0.15) is 32.1 Å². The van der Waals surface area contributed by atoms with E-state index in [1.165, 1.54) is 22.9 Å². The smallest absolute Gasteiger partial charge is 0.245 e. The molecule has 0 amide bonds. The third-order valence-corrected chi connectivity index (χ3v) is 8.57. The molecule has 1 aliphatic carbocycles. The molecule has 4 rings (SSSR count). The van der Waals surface area contributed by atoms with Crippen LogP contribution in [0, 0.1) is 11.7 Å². The Morgan fingerprint density at radius 3 is 2.43 bits per heavy atom. The van der Waals surface area contributed by atoms with E-state index in [0.29, 0.717) is 18.2 Å². The molecule has 2 aliphatic rings. The summed E-state index contributed by atoms with van der Waals surface area (Å²) < 4.78 is 43.1. The summed E-state index contributed by atoms with van der Waals surface area (Å²) in [5, 5.41) is 0. The van der Waals surface area contributed by atoms with Crippen LogP contribution in [0.15, 0.2) is 51.8 Å². The largest absolute Gasteiger partial charge is 0.339 e. The van der Waals surface area contributed by atoms with Crippen molar-refractivity contribution in [3.8, 4) is 0 Å². The first-order chi connectivity index (χ1) is 13.4. The number of halogens is 2. The van der Waals surface area contributed by atoms with E-state index in [-0.39, 0.29) is 15.4 Å². The second-order valence-electron chi connectivity index (χ2n) is 7.67. The lowest BCUT2D eigenvalue weighted by Crippen LogP contribution is -2.46. The van der Waals surface area contributed by atoms with E-state index in [1.54, 1.807) is 7.05 Å². The number of rotatable bonds is 2. The molecule has 1 heterocycles. The average molecular weight is 467 g/mol. The molecule has 2 aromatic carbocycles. The number of sulfonamides is 1. The van der Waals surface area contributed by atoms with Crippen molar-refractivity contribution in [2.24, 2.45) is 5.92 Å². The standard InChI is InChI=1S/C21H24BrFN2O2S/c1-24-20(15-8-4-2-5-9-15)14-25(16-10-6-3-7-11-16)19-13-18(23)17(22)12-21(19)28(24,26)27/h3,6-7,10-13,15,20H,2,4-5,8-9,14H2,1H3/t20-/m1/s1. The predicted molar refractivity (Wildman–Crippen MR) is 113 cm³/mol. The number of hydrogen-bond acceptors (Lipinski definition) is 3. The highest BCUT2D eigenvalue weighted by molar-refractivity contribution is 9.10. The van der Waals surface area contributed by atoms with Gasteiger partial charge in [0.25, 0.3) is 0 Å². The van der Waals surface area contributed by atoms with Gasteiger partial charge in [0.05, 0.1) is 10.2 Å². The molecule has 2 aromatic rings. The van der Waals surface area contributed by atoms with Crippen LogP contribution in [-0.2, 0) is 10.0 Å². The minimum absolute atomic E-state index is 0.144. The molecule has 1 atom stereocenters. The first-order valence-corrected chi connectivity index (χ1v) is 11.9. The monoisotopic (exact) mass is 466 g/mol. The van der Waals surface area contributed by atoms with E-state index >= 15 is 0 Å². The molecule has 0 N–H and O–H groups in total. The number of para-hydroxylation sites is 1. The Morgan fingerprint density at radius 2 is 1.75 bits per heavy atom. The molecule has 0 saturated heterocycles.